The number of rotatable bonds is 8. The second kappa shape index (κ2) is 26.8. The van der Waals surface area contributed by atoms with Gasteiger partial charge in [-0.15, -0.1) is 0 Å². The van der Waals surface area contributed by atoms with Crippen LogP contribution in [0.3, 0.4) is 0 Å². The third-order valence-electron chi connectivity index (χ3n) is 23.9. The summed E-state index contributed by atoms with van der Waals surface area (Å²) in [6.45, 7) is 25.5. The van der Waals surface area contributed by atoms with Crippen molar-refractivity contribution in [3.63, 3.8) is 0 Å². The van der Waals surface area contributed by atoms with Crippen LogP contribution in [0.4, 0.5) is 41.0 Å². The number of nitrogens with two attached hydrogens (primary N) is 4. The number of ether oxygens (including phenoxy) is 5. The molecule has 12 aliphatic rings. The molecule has 35 heteroatoms. The Kier molecular flexibility index (Phi) is 17.0. The van der Waals surface area contributed by atoms with Gasteiger partial charge in [-0.25, -0.2) is 89.7 Å². The van der Waals surface area contributed by atoms with Crippen molar-refractivity contribution in [1.82, 2.24) is 103 Å². The number of fused-ring (bicyclic) bond motifs is 14. The lowest BCUT2D eigenvalue weighted by molar-refractivity contribution is -0.0532. The number of hydrogen-bond acceptors (Lipinski definition) is 32. The molecule has 3 atom stereocenters. The predicted molar refractivity (Wildman–Crippen MR) is 415 cm³/mol. The number of nitrogens with zero attached hydrogens (tertiary/aromatic N) is 26. The van der Waals surface area contributed by atoms with Gasteiger partial charge in [-0.2, -0.15) is 10.5 Å². The number of aliphatic imine (C=N–C) groups is 1. The van der Waals surface area contributed by atoms with E-state index in [0.717, 1.165) is 186 Å². The number of aromatic nitrogens is 21. The maximum absolute atomic E-state index is 9.96. The van der Waals surface area contributed by atoms with Gasteiger partial charge in [-0.1, -0.05) is 0 Å². The fourth-order valence-electron chi connectivity index (χ4n) is 17.4. The standard InChI is InChI=1S/C20H24N8O2.C20H21N7O.C19H22N8O.C19H19N7O/c1-20(2)18-24-14-16(27-7-12-9-29-10-13(12)8-27)25-15(11-5-22-19(21)23-6-11)26-17(14)28(18)3-4-30-20;1-19(2)15-12(4-7-28-19)13-14(25-15)16(20(10-21)5-3-6-20)27-17(26-13)11-8-23-18(22)24-9-11;1-19(2)17-23-13-15(26(17)3-4-28-19)24-14(11-7-21-18(20)22-8-11)25-16(13)27-9-10-5-12(27)6-10;1-19(2)18-24-14-13(10-3-4-10)23-16(25-17(14)26(18)5-6-27-19)12-7-11(8-20)15(21)22-9-12/h5-6,12-13H,3-4,7-10H2,1-2H3,(H2,21,22,23);8-9,12H,3-7H2,1-2H3,(H2,22,23,24);7-8,10,12H,3-6,9H2,1-2H3,(H2,20,21,22);7,9-10H,3-6H2,1-2H3,(H2,21,22). The first-order chi connectivity index (χ1) is 54.4. The van der Waals surface area contributed by atoms with Gasteiger partial charge in [0, 0.05) is 125 Å². The van der Waals surface area contributed by atoms with Crippen molar-refractivity contribution in [1.29, 1.82) is 10.5 Å². The van der Waals surface area contributed by atoms with E-state index in [4.69, 9.17) is 106 Å². The molecule has 113 heavy (non-hydrogen) atoms. The zero-order chi connectivity index (χ0) is 77.8. The largest absolute Gasteiger partial charge is 0.383 e. The Bertz CT molecular complexity index is 5760. The third-order valence-corrected chi connectivity index (χ3v) is 23.9. The lowest BCUT2D eigenvalue weighted by Crippen LogP contribution is -2.42. The minimum atomic E-state index is -0.598. The van der Waals surface area contributed by atoms with Crippen LogP contribution in [0.1, 0.15) is 159 Å². The van der Waals surface area contributed by atoms with Crippen LogP contribution in [0.5, 0.6) is 0 Å². The first-order valence-electron chi connectivity index (χ1n) is 38.7. The summed E-state index contributed by atoms with van der Waals surface area (Å²) in [4.78, 5) is 92.1. The Labute approximate surface area is 648 Å². The Morgan fingerprint density at radius 3 is 1.44 bits per heavy atom. The average Bonchev–Trinajstić information content (AvgIpc) is 1.62. The number of pyridine rings is 1. The van der Waals surface area contributed by atoms with Crippen LogP contribution in [-0.2, 0) is 65.5 Å². The topological polar surface area (TPSA) is 463 Å². The molecule has 8 N–H and O–H groups in total. The molecule has 11 aromatic heterocycles. The molecule has 0 aromatic carbocycles. The summed E-state index contributed by atoms with van der Waals surface area (Å²) >= 11 is 0. The second-order valence-electron chi connectivity index (χ2n) is 33.0. The summed E-state index contributed by atoms with van der Waals surface area (Å²) in [7, 11) is 0. The summed E-state index contributed by atoms with van der Waals surface area (Å²) in [6, 6.07) is 6.83. The number of anilines is 6. The predicted octanol–water partition coefficient (Wildman–Crippen LogP) is 8.26. The summed E-state index contributed by atoms with van der Waals surface area (Å²) in [5, 5.41) is 19.2. The van der Waals surface area contributed by atoms with Crippen LogP contribution >= 0.6 is 0 Å². The van der Waals surface area contributed by atoms with Crippen molar-refractivity contribution >= 4 is 80.2 Å². The highest BCUT2D eigenvalue weighted by atomic mass is 16.5. The molecule has 8 fully saturated rings. The molecule has 3 saturated carbocycles. The molecule has 578 valence electrons. The van der Waals surface area contributed by atoms with E-state index in [1.165, 1.54) is 12.8 Å². The van der Waals surface area contributed by atoms with Gasteiger partial charge >= 0.3 is 0 Å². The fraction of sp³-hybridized carbons (Fsp3) is 0.500. The lowest BCUT2D eigenvalue weighted by Gasteiger charge is -2.35. The normalized spacial score (nSPS) is 23.1. The Morgan fingerprint density at radius 2 is 0.956 bits per heavy atom. The molecule has 0 amide bonds. The van der Waals surface area contributed by atoms with Crippen molar-refractivity contribution in [2.24, 2.45) is 22.7 Å². The summed E-state index contributed by atoms with van der Waals surface area (Å²) in [6.07, 6.45) is 19.7. The highest BCUT2D eigenvalue weighted by molar-refractivity contribution is 6.04. The molecule has 35 nitrogen and oxygen atoms in total. The first kappa shape index (κ1) is 71.7. The molecule has 11 aromatic rings. The maximum atomic E-state index is 9.96. The van der Waals surface area contributed by atoms with Crippen LogP contribution in [-0.4, -0.2) is 180 Å². The summed E-state index contributed by atoms with van der Waals surface area (Å²) in [5.41, 5.74) is 32.8. The zero-order valence-electron chi connectivity index (χ0n) is 64.2. The zero-order valence-corrected chi connectivity index (χ0v) is 64.2. The summed E-state index contributed by atoms with van der Waals surface area (Å²) in [5.74, 6) is 9.95. The van der Waals surface area contributed by atoms with Crippen molar-refractivity contribution in [3.05, 3.63) is 89.6 Å². The average molecular weight is 1520 g/mol. The monoisotopic (exact) mass is 1520 g/mol. The van der Waals surface area contributed by atoms with E-state index >= 15 is 0 Å². The minimum absolute atomic E-state index is 0.0877. The molecular weight excluding hydrogens is 1440 g/mol. The highest BCUT2D eigenvalue weighted by Gasteiger charge is 2.50. The van der Waals surface area contributed by atoms with Gasteiger partial charge in [0.25, 0.3) is 0 Å². The maximum Gasteiger partial charge on any atom is 0.219 e. The van der Waals surface area contributed by atoms with Crippen molar-refractivity contribution in [3.8, 4) is 57.7 Å². The first-order valence-corrected chi connectivity index (χ1v) is 38.7. The van der Waals surface area contributed by atoms with E-state index in [1.54, 1.807) is 49.4 Å². The van der Waals surface area contributed by atoms with Gasteiger partial charge in [0.15, 0.2) is 62.9 Å². The molecule has 23 rings (SSSR count). The highest BCUT2D eigenvalue weighted by Crippen LogP contribution is 2.53. The van der Waals surface area contributed by atoms with E-state index in [0.29, 0.717) is 103 Å². The smallest absolute Gasteiger partial charge is 0.219 e. The second-order valence-corrected chi connectivity index (χ2v) is 33.0. The van der Waals surface area contributed by atoms with Gasteiger partial charge in [0.2, 0.25) is 17.8 Å². The number of imidazole rings is 3. The Balaban J connectivity index is 0.000000101. The molecule has 2 bridgehead atoms. The quantitative estimate of drug-likeness (QED) is 0.111. The fourth-order valence-corrected chi connectivity index (χ4v) is 17.4. The molecule has 0 radical (unpaired) electrons. The molecule has 20 heterocycles. The van der Waals surface area contributed by atoms with E-state index in [-0.39, 0.29) is 29.6 Å². The Hall–Kier alpha value is -11.6. The minimum Gasteiger partial charge on any atom is -0.383 e. The molecule has 3 aliphatic carbocycles. The van der Waals surface area contributed by atoms with Crippen molar-refractivity contribution in [2.45, 2.75) is 172 Å². The third kappa shape index (κ3) is 12.4. The van der Waals surface area contributed by atoms with Gasteiger partial charge in [0.05, 0.1) is 84.2 Å². The molecule has 9 aliphatic heterocycles. The van der Waals surface area contributed by atoms with Gasteiger partial charge < -0.3 is 70.1 Å². The van der Waals surface area contributed by atoms with Crippen LogP contribution in [0, 0.1) is 40.4 Å². The van der Waals surface area contributed by atoms with Crippen LogP contribution in [0.25, 0.3) is 79.0 Å². The van der Waals surface area contributed by atoms with E-state index in [1.807, 2.05) is 41.5 Å². The summed E-state index contributed by atoms with van der Waals surface area (Å²) < 4.78 is 35.9. The number of nitriles is 2. The lowest BCUT2D eigenvalue weighted by atomic mass is 9.67. The van der Waals surface area contributed by atoms with Crippen molar-refractivity contribution in [2.75, 3.05) is 92.0 Å². The van der Waals surface area contributed by atoms with Crippen molar-refractivity contribution < 1.29 is 23.7 Å². The Morgan fingerprint density at radius 1 is 0.487 bits per heavy atom. The van der Waals surface area contributed by atoms with Crippen LogP contribution in [0.2, 0.25) is 0 Å². The molecular formula is C78H86N30O5. The van der Waals surface area contributed by atoms with E-state index < -0.39 is 27.8 Å². The van der Waals surface area contributed by atoms with Gasteiger partial charge in [0.1, 0.15) is 68.4 Å². The van der Waals surface area contributed by atoms with Crippen LogP contribution in [0.15, 0.2) is 54.4 Å². The molecule has 5 saturated heterocycles. The number of hydrogen-bond donors (Lipinski definition) is 4. The number of nitrogen functional groups attached to an aromatic ring is 4. The van der Waals surface area contributed by atoms with Gasteiger partial charge in [-0.3, -0.25) is 4.99 Å². The molecule has 3 unspecified atom stereocenters. The van der Waals surface area contributed by atoms with E-state index in [2.05, 4.69) is 84.4 Å². The SMILES string of the molecule is CC1(C)OCCC2C1=Nc1c2nc(-c2cnc(N)nc2)nc1C1(C#N)CCC1.CC1(C)OCCn2c1nc1c(C3CC3)nc(-c3cnc(N)c(C#N)c3)nc12.CC1(C)OCCn2c1nc1c(N3CC4CC3C4)nc(-c3cnc(N)nc3)nc12.CC1(C)OCCn2c1nc1c(N3CC4COCC4C3)nc(-c3cnc(N)nc3)nc12. The van der Waals surface area contributed by atoms with E-state index in [9.17, 15) is 10.5 Å². The van der Waals surface area contributed by atoms with Crippen LogP contribution < -0.4 is 32.7 Å². The molecule has 0 spiro atoms. The van der Waals surface area contributed by atoms with Gasteiger partial charge in [-0.05, 0) is 119 Å².